The van der Waals surface area contributed by atoms with E-state index in [1.165, 1.54) is 12.7 Å². The van der Waals surface area contributed by atoms with Gasteiger partial charge in [-0.05, 0) is 73.5 Å². The highest BCUT2D eigenvalue weighted by molar-refractivity contribution is 5.71. The number of hydrogen-bond donors (Lipinski definition) is 1. The van der Waals surface area contributed by atoms with Gasteiger partial charge in [0.25, 0.3) is 0 Å². The summed E-state index contributed by atoms with van der Waals surface area (Å²) in [4.78, 5) is 26.9. The molecule has 0 aromatic heterocycles. The van der Waals surface area contributed by atoms with Crippen molar-refractivity contribution in [3.63, 3.8) is 0 Å². The van der Waals surface area contributed by atoms with Crippen molar-refractivity contribution >= 4 is 11.9 Å². The summed E-state index contributed by atoms with van der Waals surface area (Å²) >= 11 is 0. The van der Waals surface area contributed by atoms with E-state index >= 15 is 0 Å². The molecule has 0 amide bonds. The lowest BCUT2D eigenvalue weighted by Gasteiger charge is -2.33. The first kappa shape index (κ1) is 29.8. The molecule has 1 aliphatic heterocycles. The fourth-order valence-corrected chi connectivity index (χ4v) is 6.70. The number of aliphatic hydroxyl groups excluding tert-OH is 1. The molecule has 3 aliphatic rings. The molecule has 1 saturated carbocycles. The van der Waals surface area contributed by atoms with Crippen LogP contribution in [0.3, 0.4) is 0 Å². The lowest BCUT2D eigenvalue weighted by atomic mass is 9.73. The molecular formula is C31H47NO7. The first-order chi connectivity index (χ1) is 19.0. The van der Waals surface area contributed by atoms with Crippen LogP contribution in [0, 0.1) is 17.8 Å². The van der Waals surface area contributed by atoms with Crippen LogP contribution in [-0.2, 0) is 36.6 Å². The van der Waals surface area contributed by atoms with E-state index in [-0.39, 0.29) is 30.7 Å². The average molecular weight is 546 g/mol. The maximum absolute atomic E-state index is 13.0. The Kier molecular flexibility index (Phi) is 11.5. The van der Waals surface area contributed by atoms with Crippen LogP contribution < -0.4 is 4.74 Å². The van der Waals surface area contributed by atoms with Crippen molar-refractivity contribution in [1.29, 1.82) is 0 Å². The van der Waals surface area contributed by atoms with Gasteiger partial charge >= 0.3 is 11.9 Å². The van der Waals surface area contributed by atoms with E-state index in [2.05, 4.69) is 17.9 Å². The molecule has 0 bridgehead atoms. The minimum Gasteiger partial charge on any atom is -0.482 e. The van der Waals surface area contributed by atoms with Crippen molar-refractivity contribution in [2.24, 2.45) is 17.8 Å². The summed E-state index contributed by atoms with van der Waals surface area (Å²) in [6.45, 7) is 5.93. The number of methoxy groups -OCH3 is 1. The van der Waals surface area contributed by atoms with Crippen molar-refractivity contribution < 1.29 is 33.6 Å². The molecule has 8 nitrogen and oxygen atoms in total. The molecule has 1 saturated heterocycles. The zero-order chi connectivity index (χ0) is 27.6. The van der Waals surface area contributed by atoms with Crippen LogP contribution in [0.5, 0.6) is 5.75 Å². The monoisotopic (exact) mass is 545 g/mol. The number of unbranched alkanes of at least 4 members (excludes halogenated alkanes) is 2. The topological polar surface area (TPSA) is 94.5 Å². The minimum atomic E-state index is -0.399. The quantitative estimate of drug-likeness (QED) is 0.278. The van der Waals surface area contributed by atoms with Gasteiger partial charge in [0.1, 0.15) is 11.9 Å². The van der Waals surface area contributed by atoms with Gasteiger partial charge in [-0.25, -0.2) is 4.79 Å². The summed E-state index contributed by atoms with van der Waals surface area (Å²) in [6.07, 6.45) is 8.31. The summed E-state index contributed by atoms with van der Waals surface area (Å²) in [5, 5.41) is 10.7. The van der Waals surface area contributed by atoms with Crippen LogP contribution in [0.4, 0.5) is 0 Å². The van der Waals surface area contributed by atoms with Gasteiger partial charge in [0, 0.05) is 19.6 Å². The van der Waals surface area contributed by atoms with Gasteiger partial charge in [-0.15, -0.1) is 0 Å². The van der Waals surface area contributed by atoms with E-state index in [9.17, 15) is 14.7 Å². The van der Waals surface area contributed by atoms with Crippen molar-refractivity contribution in [1.82, 2.24) is 4.90 Å². The Labute approximate surface area is 233 Å². The van der Waals surface area contributed by atoms with E-state index in [4.69, 9.17) is 18.9 Å². The normalized spacial score (nSPS) is 25.4. The highest BCUT2D eigenvalue weighted by atomic mass is 16.6. The molecule has 1 N–H and O–H groups in total. The van der Waals surface area contributed by atoms with E-state index in [1.807, 2.05) is 12.1 Å². The highest BCUT2D eigenvalue weighted by Crippen LogP contribution is 2.49. The lowest BCUT2D eigenvalue weighted by Crippen LogP contribution is -2.38. The molecule has 1 aromatic rings. The second kappa shape index (κ2) is 15.0. The number of rotatable bonds is 14. The largest absolute Gasteiger partial charge is 0.482 e. The number of hydrogen-bond acceptors (Lipinski definition) is 8. The molecule has 1 heterocycles. The Morgan fingerprint density at radius 3 is 2.72 bits per heavy atom. The fraction of sp³-hybridized carbons (Fsp3) is 0.742. The van der Waals surface area contributed by atoms with Crippen molar-refractivity contribution in [3.05, 3.63) is 29.3 Å². The third-order valence-corrected chi connectivity index (χ3v) is 8.89. The maximum atomic E-state index is 13.0. The lowest BCUT2D eigenvalue weighted by molar-refractivity contribution is -0.152. The Bertz CT molecular complexity index is 932. The zero-order valence-electron chi connectivity index (χ0n) is 23.8. The van der Waals surface area contributed by atoms with Crippen molar-refractivity contribution in [3.8, 4) is 5.75 Å². The summed E-state index contributed by atoms with van der Waals surface area (Å²) in [6, 6.07) is 6.05. The predicted octanol–water partition coefficient (Wildman–Crippen LogP) is 3.94. The van der Waals surface area contributed by atoms with Crippen LogP contribution in [-0.4, -0.2) is 80.7 Å². The molecule has 218 valence electrons. The van der Waals surface area contributed by atoms with E-state index in [0.29, 0.717) is 24.8 Å². The number of esters is 2. The number of nitrogens with zero attached hydrogens (tertiary/aromatic N) is 1. The summed E-state index contributed by atoms with van der Waals surface area (Å²) in [5.41, 5.74) is 2.40. The Morgan fingerprint density at radius 1 is 1.13 bits per heavy atom. The number of carbonyl (C=O) groups excluding carboxylic acids is 2. The first-order valence-electron chi connectivity index (χ1n) is 15.0. The van der Waals surface area contributed by atoms with Crippen LogP contribution >= 0.6 is 0 Å². The molecule has 4 rings (SSSR count). The predicted molar refractivity (Wildman–Crippen MR) is 148 cm³/mol. The van der Waals surface area contributed by atoms with Gasteiger partial charge in [0.05, 0.1) is 32.8 Å². The van der Waals surface area contributed by atoms with Crippen molar-refractivity contribution in [2.45, 2.75) is 83.3 Å². The summed E-state index contributed by atoms with van der Waals surface area (Å²) < 4.78 is 22.2. The number of fused-ring (bicyclic) bond motifs is 2. The fourth-order valence-electron chi connectivity index (χ4n) is 6.70. The standard InChI is InChI=1S/C31H47NO7/c1-3-4-5-8-24(33)10-11-25-26-18-22-7-6-9-28(38-21-31(35)36-2)27(22)19-23(26)20-29(25)39-30(34)12-13-32-14-16-37-17-15-32/h6-7,9,23-26,29,33H,3-5,8,10-21H2,1-2H3/t23-,24-,25+,26-,29+/m0/s1. The van der Waals surface area contributed by atoms with Crippen molar-refractivity contribution in [2.75, 3.05) is 46.6 Å². The highest BCUT2D eigenvalue weighted by Gasteiger charge is 2.47. The number of morpholine rings is 1. The number of aliphatic hydroxyl groups is 1. The van der Waals surface area contributed by atoms with Gasteiger partial charge in [-0.2, -0.15) is 0 Å². The Morgan fingerprint density at radius 2 is 1.95 bits per heavy atom. The molecule has 1 aromatic carbocycles. The molecule has 8 heteroatoms. The van der Waals surface area contributed by atoms with Gasteiger partial charge in [0.15, 0.2) is 6.61 Å². The first-order valence-corrected chi connectivity index (χ1v) is 15.0. The second-order valence-electron chi connectivity index (χ2n) is 11.4. The Hall–Kier alpha value is -2.16. The van der Waals surface area contributed by atoms with E-state index < -0.39 is 5.97 Å². The molecule has 0 radical (unpaired) electrons. The van der Waals surface area contributed by atoms with Crippen LogP contribution in [0.1, 0.15) is 69.4 Å². The van der Waals surface area contributed by atoms with Crippen LogP contribution in [0.2, 0.25) is 0 Å². The SMILES string of the molecule is CCCCC[C@H](O)CC[C@@H]1[C@H]2Cc3cccc(OCC(=O)OC)c3C[C@H]2C[C@H]1OC(=O)CCN1CCOCC1. The smallest absolute Gasteiger partial charge is 0.343 e. The molecule has 0 spiro atoms. The maximum Gasteiger partial charge on any atom is 0.343 e. The third kappa shape index (κ3) is 8.41. The summed E-state index contributed by atoms with van der Waals surface area (Å²) in [7, 11) is 1.36. The number of carbonyl (C=O) groups is 2. The molecule has 39 heavy (non-hydrogen) atoms. The van der Waals surface area contributed by atoms with Gasteiger partial charge in [-0.1, -0.05) is 38.3 Å². The number of ether oxygens (including phenoxy) is 4. The summed E-state index contributed by atoms with van der Waals surface area (Å²) in [5.74, 6) is 1.22. The third-order valence-electron chi connectivity index (χ3n) is 8.89. The van der Waals surface area contributed by atoms with E-state index in [0.717, 1.165) is 95.4 Å². The Balaban J connectivity index is 1.42. The number of benzene rings is 1. The molecule has 0 unspecified atom stereocenters. The average Bonchev–Trinajstić information content (AvgIpc) is 3.28. The molecular weight excluding hydrogens is 498 g/mol. The second-order valence-corrected chi connectivity index (χ2v) is 11.4. The molecule has 5 atom stereocenters. The van der Waals surface area contributed by atoms with Gasteiger partial charge in [0.2, 0.25) is 0 Å². The van der Waals surface area contributed by atoms with Gasteiger partial charge < -0.3 is 24.1 Å². The van der Waals surface area contributed by atoms with Crippen LogP contribution in [0.25, 0.3) is 0 Å². The molecule has 2 aliphatic carbocycles. The molecule has 2 fully saturated rings. The minimum absolute atomic E-state index is 0.108. The zero-order valence-corrected chi connectivity index (χ0v) is 23.8. The van der Waals surface area contributed by atoms with Gasteiger partial charge in [-0.3, -0.25) is 9.69 Å². The van der Waals surface area contributed by atoms with E-state index in [1.54, 1.807) is 0 Å². The van der Waals surface area contributed by atoms with Crippen LogP contribution in [0.15, 0.2) is 18.2 Å².